The average molecular weight is 226 g/mol. The van der Waals surface area contributed by atoms with E-state index in [4.69, 9.17) is 0 Å². The van der Waals surface area contributed by atoms with E-state index >= 15 is 0 Å². The van der Waals surface area contributed by atoms with E-state index in [1.54, 1.807) is 6.92 Å². The Hall–Kier alpha value is -0.540. The van der Waals surface area contributed by atoms with Crippen LogP contribution in [0.15, 0.2) is 0 Å². The summed E-state index contributed by atoms with van der Waals surface area (Å²) in [6.07, 6.45) is 1.67. The highest BCUT2D eigenvalue weighted by Crippen LogP contribution is 2.21. The van der Waals surface area contributed by atoms with Crippen LogP contribution in [-0.4, -0.2) is 19.9 Å². The summed E-state index contributed by atoms with van der Waals surface area (Å²) in [4.78, 5) is 10.3. The molecule has 0 radical (unpaired) electrons. The summed E-state index contributed by atoms with van der Waals surface area (Å²) in [6, 6.07) is 0. The van der Waals surface area contributed by atoms with Crippen molar-refractivity contribution < 1.29 is 23.1 Å². The molecule has 1 unspecified atom stereocenters. The van der Waals surface area contributed by atoms with E-state index in [-0.39, 0.29) is 6.61 Å². The Morgan fingerprint density at radius 1 is 1.21 bits per heavy atom. The van der Waals surface area contributed by atoms with Crippen molar-refractivity contribution in [1.29, 1.82) is 0 Å². The van der Waals surface area contributed by atoms with Crippen molar-refractivity contribution in [3.05, 3.63) is 0 Å². The maximum Gasteiger partial charge on any atom is 0.514 e. The molecule has 1 atom stereocenters. The van der Waals surface area contributed by atoms with Gasteiger partial charge in [-0.2, -0.15) is 0 Å². The number of carbonyl (C=O) groups is 1. The van der Waals surface area contributed by atoms with Crippen LogP contribution in [0.2, 0.25) is 0 Å². The second-order valence-electron chi connectivity index (χ2n) is 2.24. The molecule has 0 aliphatic rings. The lowest BCUT2D eigenvalue weighted by molar-refractivity contribution is 0.101. The van der Waals surface area contributed by atoms with E-state index in [2.05, 4.69) is 27.6 Å². The number of ether oxygens (including phenoxy) is 1. The van der Waals surface area contributed by atoms with E-state index in [0.717, 1.165) is 0 Å². The van der Waals surface area contributed by atoms with Crippen LogP contribution in [-0.2, 0) is 18.3 Å². The predicted octanol–water partition coefficient (Wildman–Crippen LogP) is 3.00. The number of rotatable bonds is 4. The summed E-state index contributed by atoms with van der Waals surface area (Å²) in [6.45, 7) is 6.17. The van der Waals surface area contributed by atoms with Crippen molar-refractivity contribution in [1.82, 2.24) is 0 Å². The van der Waals surface area contributed by atoms with Gasteiger partial charge in [-0.05, 0) is 6.92 Å². The van der Waals surface area contributed by atoms with Crippen molar-refractivity contribution >= 4 is 14.4 Å². The maximum atomic E-state index is 10.3. The Labute approximate surface area is 85.7 Å². The molecular formula is C8H19O5P. The maximum absolute atomic E-state index is 10.3. The Kier molecular flexibility index (Phi) is 14.2. The minimum absolute atomic E-state index is 0.192. The van der Waals surface area contributed by atoms with Crippen molar-refractivity contribution in [2.75, 3.05) is 13.7 Å². The van der Waals surface area contributed by atoms with Crippen LogP contribution in [0.4, 0.5) is 4.79 Å². The molecule has 0 aromatic carbocycles. The van der Waals surface area contributed by atoms with Gasteiger partial charge in [0.25, 0.3) is 0 Å². The van der Waals surface area contributed by atoms with Crippen LogP contribution in [0.1, 0.15) is 33.6 Å². The smallest absolute Gasteiger partial charge is 0.434 e. The summed E-state index contributed by atoms with van der Waals surface area (Å²) < 4.78 is 22.9. The fourth-order valence-electron chi connectivity index (χ4n) is 0.257. The minimum Gasteiger partial charge on any atom is -0.434 e. The minimum atomic E-state index is -2.67. The molecule has 0 heterocycles. The highest BCUT2D eigenvalue weighted by atomic mass is 31.1. The summed E-state index contributed by atoms with van der Waals surface area (Å²) in [5.74, 6) is 0. The normalized spacial score (nSPS) is 10.9. The number of carbonyl (C=O) groups excluding carboxylic acids is 1. The highest BCUT2D eigenvalue weighted by Gasteiger charge is 2.05. The molecule has 0 amide bonds. The van der Waals surface area contributed by atoms with Gasteiger partial charge in [-0.25, -0.2) is 9.36 Å². The second kappa shape index (κ2) is 12.5. The molecule has 0 aromatic heterocycles. The molecule has 86 valence electrons. The van der Waals surface area contributed by atoms with Crippen molar-refractivity contribution in [3.8, 4) is 0 Å². The second-order valence-corrected chi connectivity index (χ2v) is 3.35. The third kappa shape index (κ3) is 14.0. The average Bonchev–Trinajstić information content (AvgIpc) is 2.18. The van der Waals surface area contributed by atoms with Crippen LogP contribution in [0.5, 0.6) is 0 Å². The first-order valence-corrected chi connectivity index (χ1v) is 5.77. The number of hydrogen-bond donors (Lipinski definition) is 0. The van der Waals surface area contributed by atoms with E-state index in [1.807, 2.05) is 0 Å². The van der Waals surface area contributed by atoms with Gasteiger partial charge in [0.1, 0.15) is 0 Å². The van der Waals surface area contributed by atoms with Crippen LogP contribution in [0.25, 0.3) is 0 Å². The van der Waals surface area contributed by atoms with Gasteiger partial charge >= 0.3 is 14.4 Å². The van der Waals surface area contributed by atoms with Gasteiger partial charge in [-0.1, -0.05) is 26.7 Å². The van der Waals surface area contributed by atoms with E-state index < -0.39 is 14.4 Å². The zero-order valence-corrected chi connectivity index (χ0v) is 10.2. The van der Waals surface area contributed by atoms with Gasteiger partial charge in [0.2, 0.25) is 0 Å². The molecule has 6 heteroatoms. The summed E-state index contributed by atoms with van der Waals surface area (Å²) in [5.41, 5.74) is 0. The van der Waals surface area contributed by atoms with Crippen molar-refractivity contribution in [2.45, 2.75) is 33.6 Å². The Morgan fingerprint density at radius 2 is 1.71 bits per heavy atom. The molecule has 0 spiro atoms. The largest absolute Gasteiger partial charge is 0.514 e. The van der Waals surface area contributed by atoms with Gasteiger partial charge in [0, 0.05) is 7.11 Å². The SMILES string of the molecule is CCCC.CCOC(=O)O[PH](=O)OC. The van der Waals surface area contributed by atoms with Gasteiger partial charge < -0.3 is 13.8 Å². The number of unbranched alkanes of at least 4 members (excludes halogenated alkanes) is 1. The fourth-order valence-corrected chi connectivity index (χ4v) is 0.535. The monoisotopic (exact) mass is 226 g/mol. The van der Waals surface area contributed by atoms with Crippen LogP contribution in [0.3, 0.4) is 0 Å². The van der Waals surface area contributed by atoms with Crippen LogP contribution >= 0.6 is 8.25 Å². The van der Waals surface area contributed by atoms with Gasteiger partial charge in [0.05, 0.1) is 6.61 Å². The van der Waals surface area contributed by atoms with Gasteiger partial charge in [-0.15, -0.1) is 0 Å². The van der Waals surface area contributed by atoms with E-state index in [0.29, 0.717) is 0 Å². The molecule has 0 aliphatic heterocycles. The van der Waals surface area contributed by atoms with Crippen LogP contribution in [0, 0.1) is 0 Å². The topological polar surface area (TPSA) is 61.8 Å². The molecule has 0 rings (SSSR count). The van der Waals surface area contributed by atoms with E-state index in [1.165, 1.54) is 20.0 Å². The molecule has 0 saturated heterocycles. The van der Waals surface area contributed by atoms with Crippen molar-refractivity contribution in [3.63, 3.8) is 0 Å². The van der Waals surface area contributed by atoms with Gasteiger partial charge in [-0.3, -0.25) is 0 Å². The molecular weight excluding hydrogens is 207 g/mol. The fraction of sp³-hybridized carbons (Fsp3) is 0.875. The summed E-state index contributed by atoms with van der Waals surface area (Å²) in [5, 5.41) is 0. The highest BCUT2D eigenvalue weighted by molar-refractivity contribution is 7.33. The Morgan fingerprint density at radius 3 is 2.00 bits per heavy atom. The summed E-state index contributed by atoms with van der Waals surface area (Å²) in [7, 11) is -1.49. The lowest BCUT2D eigenvalue weighted by Gasteiger charge is -2.00. The molecule has 0 N–H and O–H groups in total. The lowest BCUT2D eigenvalue weighted by Crippen LogP contribution is -2.01. The molecule has 0 bridgehead atoms. The third-order valence-electron chi connectivity index (χ3n) is 1.10. The summed E-state index contributed by atoms with van der Waals surface area (Å²) >= 11 is 0. The van der Waals surface area contributed by atoms with Crippen molar-refractivity contribution in [2.24, 2.45) is 0 Å². The van der Waals surface area contributed by atoms with Crippen LogP contribution < -0.4 is 0 Å². The first kappa shape index (κ1) is 15.9. The predicted molar refractivity (Wildman–Crippen MR) is 54.7 cm³/mol. The molecule has 14 heavy (non-hydrogen) atoms. The molecule has 0 fully saturated rings. The zero-order chi connectivity index (χ0) is 11.4. The molecule has 5 nitrogen and oxygen atoms in total. The quantitative estimate of drug-likeness (QED) is 0.544. The lowest BCUT2D eigenvalue weighted by atomic mass is 10.4. The first-order chi connectivity index (χ1) is 6.62. The first-order valence-electron chi connectivity index (χ1n) is 4.54. The van der Waals surface area contributed by atoms with Gasteiger partial charge in [0.15, 0.2) is 0 Å². The zero-order valence-electron chi connectivity index (χ0n) is 9.16. The third-order valence-corrected chi connectivity index (χ3v) is 1.76. The Bertz CT molecular complexity index is 158. The number of hydrogen-bond acceptors (Lipinski definition) is 5. The standard InChI is InChI=1S/C4H9O5P.C4H10/c1-3-8-4(5)9-10(6)7-2;1-3-4-2/h10H,3H2,1-2H3;3-4H2,1-2H3. The molecule has 0 aromatic rings. The molecule has 0 aliphatic carbocycles. The Balaban J connectivity index is 0. The molecule has 0 saturated carbocycles. The van der Waals surface area contributed by atoms with E-state index in [9.17, 15) is 9.36 Å².